The van der Waals surface area contributed by atoms with E-state index < -0.39 is 16.7 Å². The lowest BCUT2D eigenvalue weighted by Crippen LogP contribution is -2.11. The molecule has 0 spiro atoms. The molecule has 0 bridgehead atoms. The first-order chi connectivity index (χ1) is 17.3. The van der Waals surface area contributed by atoms with Crippen LogP contribution in [0.1, 0.15) is 5.56 Å². The number of anilines is 1. The second-order valence-electron chi connectivity index (χ2n) is 7.82. The van der Waals surface area contributed by atoms with Crippen molar-refractivity contribution < 1.29 is 4.58 Å². The molecule has 8 heteroatoms. The summed E-state index contributed by atoms with van der Waals surface area (Å²) >= 11 is 0. The Morgan fingerprint density at radius 1 is 0.750 bits per heavy atom. The van der Waals surface area contributed by atoms with Gasteiger partial charge in [0.2, 0.25) is 0 Å². The van der Waals surface area contributed by atoms with E-state index in [1.165, 1.54) is 0 Å². The fraction of sp³-hybridized carbons (Fsp3) is 0.143. The number of allylic oxidation sites excluding steroid dienone is 11. The van der Waals surface area contributed by atoms with Gasteiger partial charge in [0.1, 0.15) is 61.2 Å². The van der Waals surface area contributed by atoms with Crippen molar-refractivity contribution >= 4 is 22.8 Å². The molecule has 0 saturated carbocycles. The molecule has 1 aromatic carbocycles. The number of nitriles is 5. The third kappa shape index (κ3) is 5.43. The van der Waals surface area contributed by atoms with Crippen LogP contribution in [0.5, 0.6) is 0 Å². The topological polar surface area (TPSA) is 149 Å². The second-order valence-corrected chi connectivity index (χ2v) is 7.82. The van der Waals surface area contributed by atoms with Crippen LogP contribution >= 0.6 is 0 Å². The summed E-state index contributed by atoms with van der Waals surface area (Å²) in [5.74, 6) is 1.96. The highest BCUT2D eigenvalue weighted by Crippen LogP contribution is 2.39. The Balaban J connectivity index is 3.19. The summed E-state index contributed by atoms with van der Waals surface area (Å²) in [6.45, 7) is 0. The predicted octanol–water partition coefficient (Wildman–Crippen LogP) is 3.73. The van der Waals surface area contributed by atoms with Gasteiger partial charge in [-0.3, -0.25) is 5.41 Å². The van der Waals surface area contributed by atoms with E-state index in [2.05, 4.69) is 0 Å². The molecule has 0 atom stereocenters. The van der Waals surface area contributed by atoms with E-state index in [4.69, 9.17) is 5.41 Å². The summed E-state index contributed by atoms with van der Waals surface area (Å²) in [5, 5.41) is 56.4. The minimum Gasteiger partial charge on any atom is -0.378 e. The van der Waals surface area contributed by atoms with Crippen LogP contribution in [-0.4, -0.2) is 44.3 Å². The number of benzene rings is 1. The van der Waals surface area contributed by atoms with Crippen LogP contribution < -0.4 is 4.90 Å². The van der Waals surface area contributed by atoms with Crippen LogP contribution in [0.15, 0.2) is 82.0 Å². The maximum atomic E-state index is 9.87. The normalized spacial score (nSPS) is 10.9. The van der Waals surface area contributed by atoms with Crippen molar-refractivity contribution in [3.8, 4) is 30.3 Å². The molecule has 0 radical (unpaired) electrons. The maximum Gasteiger partial charge on any atom is 0.199 e. The molecule has 36 heavy (non-hydrogen) atoms. The average Bonchev–Trinajstić information content (AvgIpc) is 2.89. The summed E-state index contributed by atoms with van der Waals surface area (Å²) in [7, 11) is 7.54. The zero-order valence-corrected chi connectivity index (χ0v) is 20.2. The SMILES string of the molecule is CN(C)c1ccc(C(=C2C=CC(=[N+](C)C)C=C2)C(=C(C#N)C#N)C(C(=C=N)C#N)=C(C#N)C#N)cc1. The van der Waals surface area contributed by atoms with Gasteiger partial charge in [0, 0.05) is 43.1 Å². The van der Waals surface area contributed by atoms with Crippen molar-refractivity contribution in [2.24, 2.45) is 0 Å². The Labute approximate surface area is 210 Å². The molecule has 0 amide bonds. The summed E-state index contributed by atoms with van der Waals surface area (Å²) in [6, 6.07) is 16.2. The molecular formula is C28H21N8+. The molecule has 2 rings (SSSR count). The summed E-state index contributed by atoms with van der Waals surface area (Å²) in [6.07, 6.45) is 7.26. The van der Waals surface area contributed by atoms with E-state index in [0.717, 1.165) is 11.4 Å². The molecular weight excluding hydrogens is 448 g/mol. The number of hydrogen-bond acceptors (Lipinski definition) is 7. The van der Waals surface area contributed by atoms with E-state index in [1.807, 2.05) is 80.0 Å². The van der Waals surface area contributed by atoms with Crippen molar-refractivity contribution in [3.05, 3.63) is 87.6 Å². The molecule has 0 aromatic heterocycles. The van der Waals surface area contributed by atoms with Crippen molar-refractivity contribution in [2.75, 3.05) is 33.1 Å². The van der Waals surface area contributed by atoms with Gasteiger partial charge < -0.3 is 4.90 Å². The second kappa shape index (κ2) is 12.0. The first-order valence-corrected chi connectivity index (χ1v) is 10.5. The Morgan fingerprint density at radius 3 is 1.64 bits per heavy atom. The quantitative estimate of drug-likeness (QED) is 0.300. The number of hydrogen-bond donors (Lipinski definition) is 1. The molecule has 1 aliphatic rings. The van der Waals surface area contributed by atoms with Crippen molar-refractivity contribution in [1.82, 2.24) is 0 Å². The van der Waals surface area contributed by atoms with Crippen molar-refractivity contribution in [1.29, 1.82) is 31.7 Å². The fourth-order valence-corrected chi connectivity index (χ4v) is 3.48. The zero-order valence-electron chi connectivity index (χ0n) is 20.2. The van der Waals surface area contributed by atoms with Gasteiger partial charge in [0.25, 0.3) is 0 Å². The highest BCUT2D eigenvalue weighted by Gasteiger charge is 2.27. The maximum absolute atomic E-state index is 9.87. The van der Waals surface area contributed by atoms with Gasteiger partial charge in [-0.05, 0) is 46.9 Å². The smallest absolute Gasteiger partial charge is 0.199 e. The molecule has 0 unspecified atom stereocenters. The first kappa shape index (κ1) is 26.5. The molecule has 1 aromatic rings. The average molecular weight is 470 g/mol. The van der Waals surface area contributed by atoms with Gasteiger partial charge in [-0.2, -0.15) is 26.3 Å². The lowest BCUT2D eigenvalue weighted by Gasteiger charge is -2.20. The predicted molar refractivity (Wildman–Crippen MR) is 136 cm³/mol. The van der Waals surface area contributed by atoms with Gasteiger partial charge in [0.15, 0.2) is 5.71 Å². The number of nitrogens with zero attached hydrogens (tertiary/aromatic N) is 7. The Morgan fingerprint density at radius 2 is 1.25 bits per heavy atom. The third-order valence-electron chi connectivity index (χ3n) is 5.28. The highest BCUT2D eigenvalue weighted by atomic mass is 15.1. The summed E-state index contributed by atoms with van der Waals surface area (Å²) in [5.41, 5.74) is 1.53. The van der Waals surface area contributed by atoms with E-state index in [9.17, 15) is 26.3 Å². The largest absolute Gasteiger partial charge is 0.378 e. The van der Waals surface area contributed by atoms with E-state index in [1.54, 1.807) is 42.5 Å². The molecule has 0 saturated heterocycles. The molecule has 8 nitrogen and oxygen atoms in total. The minimum absolute atomic E-state index is 0.0930. The van der Waals surface area contributed by atoms with Crippen LogP contribution in [0.25, 0.3) is 5.57 Å². The van der Waals surface area contributed by atoms with Gasteiger partial charge >= 0.3 is 0 Å². The van der Waals surface area contributed by atoms with Crippen LogP contribution in [0.2, 0.25) is 0 Å². The fourth-order valence-electron chi connectivity index (χ4n) is 3.48. The van der Waals surface area contributed by atoms with Crippen LogP contribution in [-0.2, 0) is 0 Å². The van der Waals surface area contributed by atoms with Gasteiger partial charge in [0.05, 0.1) is 0 Å². The van der Waals surface area contributed by atoms with Crippen LogP contribution in [0.4, 0.5) is 5.69 Å². The van der Waals surface area contributed by atoms with Gasteiger partial charge in [-0.1, -0.05) is 12.1 Å². The molecule has 0 aliphatic heterocycles. The van der Waals surface area contributed by atoms with Gasteiger partial charge in [-0.25, -0.2) is 4.58 Å². The standard InChI is InChI=1S/C28H21N8/c1-35(2)24-9-5-19(6-10-24)26(20-7-11-25(12-8-20)36(3)4)28(23(17-33)18-34)27(21(13-29)14-30)22(15-31)16-32/h5-12,29H,1-4H3/q+1. The lowest BCUT2D eigenvalue weighted by molar-refractivity contribution is -0.462. The monoisotopic (exact) mass is 469 g/mol. The lowest BCUT2D eigenvalue weighted by atomic mass is 9.80. The zero-order chi connectivity index (χ0) is 26.8. The van der Waals surface area contributed by atoms with Crippen LogP contribution in [0, 0.1) is 62.1 Å². The summed E-state index contributed by atoms with van der Waals surface area (Å²) < 4.78 is 1.91. The van der Waals surface area contributed by atoms with E-state index >= 15 is 0 Å². The Kier molecular flexibility index (Phi) is 8.81. The van der Waals surface area contributed by atoms with Crippen LogP contribution in [0.3, 0.4) is 0 Å². The Hall–Kier alpha value is -5.71. The molecule has 0 fully saturated rings. The molecule has 172 valence electrons. The van der Waals surface area contributed by atoms with Gasteiger partial charge in [-0.15, -0.1) is 0 Å². The van der Waals surface area contributed by atoms with Crippen molar-refractivity contribution in [2.45, 2.75) is 0 Å². The molecule has 1 N–H and O–H groups in total. The first-order valence-electron chi connectivity index (χ1n) is 10.5. The Bertz CT molecular complexity index is 1490. The molecule has 0 heterocycles. The third-order valence-corrected chi connectivity index (χ3v) is 5.28. The van der Waals surface area contributed by atoms with E-state index in [-0.39, 0.29) is 11.1 Å². The summed E-state index contributed by atoms with van der Waals surface area (Å²) in [4.78, 5) is 1.91. The highest BCUT2D eigenvalue weighted by molar-refractivity contribution is 6.05. The number of nitrogens with one attached hydrogen (secondary N) is 1. The van der Waals surface area contributed by atoms with E-state index in [0.29, 0.717) is 16.7 Å². The number of rotatable bonds is 5. The minimum atomic E-state index is -0.517. The molecule has 1 aliphatic carbocycles. The van der Waals surface area contributed by atoms with Crippen molar-refractivity contribution in [3.63, 3.8) is 0 Å².